The molecule has 1 N–H and O–H groups in total. The number of aromatic nitrogens is 2. The van der Waals surface area contributed by atoms with Gasteiger partial charge < -0.3 is 15.1 Å². The number of nitrogens with zero attached hydrogens (tertiary/aromatic N) is 4. The zero-order valence-corrected chi connectivity index (χ0v) is 19.2. The zero-order chi connectivity index (χ0) is 21.5. The number of carbonyl (C=O) groups is 1. The molecule has 2 aromatic rings. The fourth-order valence-electron chi connectivity index (χ4n) is 5.28. The van der Waals surface area contributed by atoms with Gasteiger partial charge in [-0.2, -0.15) is 0 Å². The number of aryl methyl sites for hydroxylation is 1. The molecule has 2 aliphatic heterocycles. The van der Waals surface area contributed by atoms with Gasteiger partial charge in [0, 0.05) is 56.4 Å². The van der Waals surface area contributed by atoms with Gasteiger partial charge in [-0.05, 0) is 36.5 Å². The minimum Gasteiger partial charge on any atom is -0.353 e. The third kappa shape index (κ3) is 3.90. The zero-order valence-electron chi connectivity index (χ0n) is 17.7. The molecule has 0 saturated carbocycles. The highest BCUT2D eigenvalue weighted by atomic mass is 35.5. The summed E-state index contributed by atoms with van der Waals surface area (Å²) >= 11 is 12.3. The average molecular weight is 460 g/mol. The summed E-state index contributed by atoms with van der Waals surface area (Å²) in [5.41, 5.74) is 3.57. The van der Waals surface area contributed by atoms with Gasteiger partial charge in [0.2, 0.25) is 5.91 Å². The van der Waals surface area contributed by atoms with Crippen LogP contribution in [0, 0.1) is 5.92 Å². The molecule has 6 nitrogen and oxygen atoms in total. The number of carbonyl (C=O) groups excluding carboxylic acids is 1. The van der Waals surface area contributed by atoms with Crippen LogP contribution < -0.4 is 10.2 Å². The predicted molar refractivity (Wildman–Crippen MR) is 123 cm³/mol. The van der Waals surface area contributed by atoms with E-state index in [9.17, 15) is 4.79 Å². The van der Waals surface area contributed by atoms with Crippen molar-refractivity contribution in [1.29, 1.82) is 0 Å². The second-order valence-electron chi connectivity index (χ2n) is 8.85. The highest BCUT2D eigenvalue weighted by molar-refractivity contribution is 6.42. The number of anilines is 1. The number of hydrogen-bond donors (Lipinski definition) is 1. The van der Waals surface area contributed by atoms with Crippen molar-refractivity contribution in [3.05, 3.63) is 51.4 Å². The van der Waals surface area contributed by atoms with Gasteiger partial charge in [-0.15, -0.1) is 0 Å². The van der Waals surface area contributed by atoms with Gasteiger partial charge in [0.1, 0.15) is 12.1 Å². The maximum absolute atomic E-state index is 13.4. The van der Waals surface area contributed by atoms with Crippen LogP contribution in [-0.2, 0) is 11.2 Å². The first-order valence-corrected chi connectivity index (χ1v) is 11.8. The number of amides is 1. The number of benzene rings is 1. The number of nitrogens with one attached hydrogen (secondary N) is 1. The lowest BCUT2D eigenvalue weighted by molar-refractivity contribution is -0.135. The highest BCUT2D eigenvalue weighted by Crippen LogP contribution is 2.38. The van der Waals surface area contributed by atoms with Crippen LogP contribution in [0.15, 0.2) is 24.5 Å². The van der Waals surface area contributed by atoms with E-state index in [0.29, 0.717) is 22.5 Å². The lowest BCUT2D eigenvalue weighted by Gasteiger charge is -2.38. The largest absolute Gasteiger partial charge is 0.353 e. The Labute approximate surface area is 192 Å². The number of rotatable bonds is 3. The first-order valence-electron chi connectivity index (χ1n) is 11.1. The van der Waals surface area contributed by atoms with E-state index in [-0.39, 0.29) is 17.7 Å². The van der Waals surface area contributed by atoms with Crippen LogP contribution >= 0.6 is 23.2 Å². The minimum atomic E-state index is -0.0767. The Hall–Kier alpha value is -1.89. The van der Waals surface area contributed by atoms with Gasteiger partial charge in [-0.1, -0.05) is 36.2 Å². The van der Waals surface area contributed by atoms with Crippen molar-refractivity contribution in [3.8, 4) is 0 Å². The van der Waals surface area contributed by atoms with Crippen LogP contribution in [0.3, 0.4) is 0 Å². The predicted octanol–water partition coefficient (Wildman–Crippen LogP) is 3.48. The van der Waals surface area contributed by atoms with Crippen LogP contribution in [0.5, 0.6) is 0 Å². The van der Waals surface area contributed by atoms with Crippen molar-refractivity contribution in [3.63, 3.8) is 0 Å². The summed E-state index contributed by atoms with van der Waals surface area (Å²) in [4.78, 5) is 26.8. The number of piperazine rings is 1. The Morgan fingerprint density at radius 2 is 1.90 bits per heavy atom. The van der Waals surface area contributed by atoms with Crippen LogP contribution in [0.1, 0.15) is 42.0 Å². The molecule has 2 unspecified atom stereocenters. The third-order valence-electron chi connectivity index (χ3n) is 7.05. The van der Waals surface area contributed by atoms with Gasteiger partial charge >= 0.3 is 0 Å². The normalized spacial score (nSPS) is 25.7. The lowest BCUT2D eigenvalue weighted by atomic mass is 9.88. The number of hydrogen-bond acceptors (Lipinski definition) is 5. The van der Waals surface area contributed by atoms with E-state index < -0.39 is 0 Å². The summed E-state index contributed by atoms with van der Waals surface area (Å²) in [6.07, 6.45) is 3.87. The quantitative estimate of drug-likeness (QED) is 0.760. The van der Waals surface area contributed by atoms with Gasteiger partial charge in [0.05, 0.1) is 16.0 Å². The summed E-state index contributed by atoms with van der Waals surface area (Å²) in [5, 5.41) is 4.47. The van der Waals surface area contributed by atoms with E-state index >= 15 is 0 Å². The van der Waals surface area contributed by atoms with Gasteiger partial charge in [-0.3, -0.25) is 4.79 Å². The van der Waals surface area contributed by atoms with Crippen LogP contribution in [0.4, 0.5) is 5.82 Å². The molecule has 1 aromatic heterocycles. The maximum Gasteiger partial charge on any atom is 0.227 e. The van der Waals surface area contributed by atoms with E-state index in [2.05, 4.69) is 27.1 Å². The fraction of sp³-hybridized carbons (Fsp3) is 0.522. The average Bonchev–Trinajstić information content (AvgIpc) is 3.43. The molecule has 1 aromatic carbocycles. The second-order valence-corrected chi connectivity index (χ2v) is 9.67. The van der Waals surface area contributed by atoms with Crippen LogP contribution in [0.2, 0.25) is 10.0 Å². The van der Waals surface area contributed by atoms with Crippen molar-refractivity contribution in [1.82, 2.24) is 20.2 Å². The summed E-state index contributed by atoms with van der Waals surface area (Å²) in [7, 11) is 0. The molecule has 8 heteroatoms. The van der Waals surface area contributed by atoms with Crippen LogP contribution in [0.25, 0.3) is 0 Å². The van der Waals surface area contributed by atoms with Crippen LogP contribution in [-0.4, -0.2) is 60.0 Å². The number of halogens is 2. The molecular formula is C23H27Cl2N5O. The Balaban J connectivity index is 1.27. The number of fused-ring (bicyclic) bond motifs is 1. The fourth-order valence-corrected chi connectivity index (χ4v) is 5.59. The van der Waals surface area contributed by atoms with E-state index in [1.165, 1.54) is 11.3 Å². The molecule has 31 heavy (non-hydrogen) atoms. The minimum absolute atomic E-state index is 0.0767. The summed E-state index contributed by atoms with van der Waals surface area (Å²) in [5.74, 6) is 1.83. The highest BCUT2D eigenvalue weighted by Gasteiger charge is 2.38. The lowest BCUT2D eigenvalue weighted by Crippen LogP contribution is -2.51. The first kappa shape index (κ1) is 21.0. The molecule has 0 radical (unpaired) electrons. The van der Waals surface area contributed by atoms with Crippen molar-refractivity contribution in [2.45, 2.75) is 31.6 Å². The molecule has 0 spiro atoms. The standard InChI is InChI=1S/C23H27Cl2N5O/c1-14-2-5-20-21(14)22(28-13-27-20)29-6-8-30(9-7-29)23(31)17-12-26-11-16(17)15-3-4-18(24)19(25)10-15/h3-4,10,13-14,16-17,26H,2,5-9,11-12H2,1H3/t14-,16?,17?/m1/s1. The van der Waals surface area contributed by atoms with Crippen molar-refractivity contribution in [2.75, 3.05) is 44.2 Å². The molecule has 1 amide bonds. The Morgan fingerprint density at radius 3 is 2.68 bits per heavy atom. The molecule has 3 heterocycles. The maximum atomic E-state index is 13.4. The Kier molecular flexibility index (Phi) is 5.80. The summed E-state index contributed by atoms with van der Waals surface area (Å²) in [6.45, 7) is 6.78. The first-order chi connectivity index (χ1) is 15.0. The molecule has 3 aliphatic rings. The molecular weight excluding hydrogens is 433 g/mol. The summed E-state index contributed by atoms with van der Waals surface area (Å²) < 4.78 is 0. The van der Waals surface area contributed by atoms with E-state index in [1.54, 1.807) is 6.33 Å². The Bertz CT molecular complexity index is 992. The topological polar surface area (TPSA) is 61.4 Å². The van der Waals surface area contributed by atoms with Crippen molar-refractivity contribution < 1.29 is 4.79 Å². The molecule has 5 rings (SSSR count). The van der Waals surface area contributed by atoms with Crippen molar-refractivity contribution in [2.24, 2.45) is 5.92 Å². The summed E-state index contributed by atoms with van der Waals surface area (Å²) in [6, 6.07) is 5.70. The second kappa shape index (κ2) is 8.57. The van der Waals surface area contributed by atoms with Gasteiger partial charge in [-0.25, -0.2) is 9.97 Å². The molecule has 164 valence electrons. The van der Waals surface area contributed by atoms with Gasteiger partial charge in [0.25, 0.3) is 0 Å². The van der Waals surface area contributed by atoms with Crippen molar-refractivity contribution >= 4 is 34.9 Å². The smallest absolute Gasteiger partial charge is 0.227 e. The molecule has 3 atom stereocenters. The van der Waals surface area contributed by atoms with E-state index in [1.807, 2.05) is 23.1 Å². The molecule has 2 saturated heterocycles. The van der Waals surface area contributed by atoms with E-state index in [0.717, 1.165) is 56.9 Å². The monoisotopic (exact) mass is 459 g/mol. The molecule has 1 aliphatic carbocycles. The van der Waals surface area contributed by atoms with E-state index in [4.69, 9.17) is 23.2 Å². The molecule has 2 fully saturated rings. The SMILES string of the molecule is C[C@@H]1CCc2ncnc(N3CCN(C(=O)C4CNCC4c4ccc(Cl)c(Cl)c4)CC3)c21. The third-order valence-corrected chi connectivity index (χ3v) is 7.79. The Morgan fingerprint density at radius 1 is 1.10 bits per heavy atom. The van der Waals surface area contributed by atoms with Gasteiger partial charge in [0.15, 0.2) is 0 Å². The molecule has 0 bridgehead atoms.